The molecule has 2 fully saturated rings. The Morgan fingerprint density at radius 2 is 1.88 bits per heavy atom. The van der Waals surface area contributed by atoms with E-state index in [1.807, 2.05) is 54.6 Å². The summed E-state index contributed by atoms with van der Waals surface area (Å²) in [7, 11) is 1.61. The molecular weight excluding hydrogens is 536 g/mol. The summed E-state index contributed by atoms with van der Waals surface area (Å²) in [4.78, 5) is 26.1. The van der Waals surface area contributed by atoms with E-state index in [-0.39, 0.29) is 17.5 Å². The minimum Gasteiger partial charge on any atom is -0.497 e. The number of anilines is 1. The highest BCUT2D eigenvalue weighted by molar-refractivity contribution is 5.71. The van der Waals surface area contributed by atoms with E-state index in [0.717, 1.165) is 36.1 Å². The van der Waals surface area contributed by atoms with Gasteiger partial charge in [0.1, 0.15) is 17.0 Å². The predicted octanol–water partition coefficient (Wildman–Crippen LogP) is 6.06. The number of rotatable bonds is 11. The molecule has 1 amide bonds. The van der Waals surface area contributed by atoms with Crippen LogP contribution in [0.15, 0.2) is 72.8 Å². The summed E-state index contributed by atoms with van der Waals surface area (Å²) in [5.74, 6) is 0.750. The number of nitro benzene ring substituents is 1. The number of hydrogen-bond donors (Lipinski definition) is 1. The van der Waals surface area contributed by atoms with E-state index in [0.29, 0.717) is 44.8 Å². The smallest absolute Gasteiger partial charge is 0.410 e. The first-order valence-electron chi connectivity index (χ1n) is 14.0. The van der Waals surface area contributed by atoms with Crippen LogP contribution in [0, 0.1) is 26.9 Å². The maximum absolute atomic E-state index is 13.1. The van der Waals surface area contributed by atoms with Crippen LogP contribution in [0.25, 0.3) is 0 Å². The maximum atomic E-state index is 13.1. The molecule has 1 spiro atoms. The Balaban J connectivity index is 1.35. The van der Waals surface area contributed by atoms with Crippen LogP contribution in [0.5, 0.6) is 5.75 Å². The first-order chi connectivity index (χ1) is 20.3. The number of nitro groups is 1. The van der Waals surface area contributed by atoms with E-state index in [1.54, 1.807) is 12.0 Å². The Labute approximate surface area is 245 Å². The van der Waals surface area contributed by atoms with Crippen molar-refractivity contribution >= 4 is 17.5 Å². The molecule has 1 saturated carbocycles. The van der Waals surface area contributed by atoms with Gasteiger partial charge in [0.2, 0.25) is 0 Å². The van der Waals surface area contributed by atoms with Gasteiger partial charge in [-0.1, -0.05) is 42.5 Å². The Hall–Kier alpha value is -4.62. The van der Waals surface area contributed by atoms with Crippen LogP contribution < -0.4 is 10.1 Å². The van der Waals surface area contributed by atoms with Crippen LogP contribution in [0.2, 0.25) is 0 Å². The van der Waals surface area contributed by atoms with E-state index in [2.05, 4.69) is 11.4 Å². The van der Waals surface area contributed by atoms with Gasteiger partial charge in [-0.2, -0.15) is 5.26 Å². The number of carbonyl (C=O) groups is 1. The summed E-state index contributed by atoms with van der Waals surface area (Å²) in [5, 5.41) is 24.4. The zero-order valence-corrected chi connectivity index (χ0v) is 23.6. The average Bonchev–Trinajstić information content (AvgIpc) is 3.29. The molecule has 0 unspecified atom stereocenters. The molecule has 0 radical (unpaired) electrons. The van der Waals surface area contributed by atoms with Gasteiger partial charge in [-0.05, 0) is 61.1 Å². The second-order valence-corrected chi connectivity index (χ2v) is 11.2. The summed E-state index contributed by atoms with van der Waals surface area (Å²) in [6.07, 6.45) is 2.51. The predicted molar refractivity (Wildman–Crippen MR) is 156 cm³/mol. The molecule has 3 aromatic carbocycles. The van der Waals surface area contributed by atoms with E-state index < -0.39 is 15.9 Å². The highest BCUT2D eigenvalue weighted by atomic mass is 16.6. The van der Waals surface area contributed by atoms with Gasteiger partial charge in [0.05, 0.1) is 43.4 Å². The fourth-order valence-electron chi connectivity index (χ4n) is 6.11. The second kappa shape index (κ2) is 12.5. The Morgan fingerprint density at radius 1 is 1.10 bits per heavy atom. The lowest BCUT2D eigenvalue weighted by Crippen LogP contribution is -2.49. The van der Waals surface area contributed by atoms with Gasteiger partial charge in [-0.15, -0.1) is 0 Å². The zero-order valence-electron chi connectivity index (χ0n) is 23.6. The fourth-order valence-corrected chi connectivity index (χ4v) is 6.11. The van der Waals surface area contributed by atoms with E-state index in [9.17, 15) is 20.2 Å². The molecule has 0 aromatic heterocycles. The minimum atomic E-state index is -0.694. The molecule has 1 saturated heterocycles. The van der Waals surface area contributed by atoms with Crippen molar-refractivity contribution in [2.45, 2.75) is 44.4 Å². The molecule has 1 heterocycles. The molecule has 3 aromatic rings. The van der Waals surface area contributed by atoms with Gasteiger partial charge in [-0.3, -0.25) is 15.0 Å². The number of methoxy groups -OCH3 is 1. The number of carbonyl (C=O) groups excluding carboxylic acids is 1. The van der Waals surface area contributed by atoms with Gasteiger partial charge in [0, 0.05) is 24.6 Å². The van der Waals surface area contributed by atoms with Crippen molar-refractivity contribution in [2.24, 2.45) is 5.41 Å². The largest absolute Gasteiger partial charge is 0.497 e. The highest BCUT2D eigenvalue weighted by Crippen LogP contribution is 2.47. The molecule has 10 heteroatoms. The van der Waals surface area contributed by atoms with Crippen LogP contribution in [-0.2, 0) is 22.6 Å². The van der Waals surface area contributed by atoms with Gasteiger partial charge < -0.3 is 19.5 Å². The van der Waals surface area contributed by atoms with Crippen LogP contribution in [0.3, 0.4) is 0 Å². The number of nitriles is 1. The van der Waals surface area contributed by atoms with Gasteiger partial charge in [-0.25, -0.2) is 4.79 Å². The molecule has 2 aliphatic rings. The standard InChI is InChI=1S/C32H34N4O6/c1-40-27-11-8-24(9-12-27)18-35-22-32(42-30(35)37)15-5-14-31(20-32,23-41-19-25-6-3-2-4-7-25)21-34-28-16-26(17-33)10-13-29(28)36(38)39/h2-4,6-13,16,34H,5,14-15,18-23H2,1H3/t31-,32+/m1/s1. The lowest BCUT2D eigenvalue weighted by molar-refractivity contribution is -0.384. The van der Waals surface area contributed by atoms with Crippen LogP contribution in [0.1, 0.15) is 42.4 Å². The van der Waals surface area contributed by atoms with Crippen molar-refractivity contribution in [1.29, 1.82) is 5.26 Å². The molecule has 10 nitrogen and oxygen atoms in total. The third-order valence-corrected chi connectivity index (χ3v) is 8.11. The van der Waals surface area contributed by atoms with Crippen molar-refractivity contribution in [3.05, 3.63) is 99.6 Å². The van der Waals surface area contributed by atoms with Crippen molar-refractivity contribution < 1.29 is 23.9 Å². The molecule has 0 bridgehead atoms. The monoisotopic (exact) mass is 570 g/mol. The molecule has 5 rings (SSSR count). The average molecular weight is 571 g/mol. The van der Waals surface area contributed by atoms with E-state index >= 15 is 0 Å². The fraction of sp³-hybridized carbons (Fsp3) is 0.375. The van der Waals surface area contributed by atoms with Crippen LogP contribution >= 0.6 is 0 Å². The Kier molecular flexibility index (Phi) is 8.59. The number of hydrogen-bond acceptors (Lipinski definition) is 8. The third kappa shape index (κ3) is 6.64. The topological polar surface area (TPSA) is 127 Å². The summed E-state index contributed by atoms with van der Waals surface area (Å²) >= 11 is 0. The van der Waals surface area contributed by atoms with Gasteiger partial charge >= 0.3 is 6.09 Å². The summed E-state index contributed by atoms with van der Waals surface area (Å²) in [6, 6.07) is 23.8. The van der Waals surface area contributed by atoms with E-state index in [1.165, 1.54) is 18.2 Å². The summed E-state index contributed by atoms with van der Waals surface area (Å²) in [6.45, 7) is 2.02. The van der Waals surface area contributed by atoms with Crippen molar-refractivity contribution in [3.8, 4) is 11.8 Å². The van der Waals surface area contributed by atoms with Gasteiger partial charge in [0.15, 0.2) is 0 Å². The molecule has 2 atom stereocenters. The number of nitrogens with one attached hydrogen (secondary N) is 1. The third-order valence-electron chi connectivity index (χ3n) is 8.11. The highest BCUT2D eigenvalue weighted by Gasteiger charge is 2.52. The number of ether oxygens (including phenoxy) is 3. The SMILES string of the molecule is COc1ccc(CN2C[C@@]3(CCC[C@@](CNc4cc(C#N)ccc4[N+](=O)[O-])(COCc4ccccc4)C3)OC2=O)cc1. The molecule has 1 aliphatic carbocycles. The van der Waals surface area contributed by atoms with Crippen molar-refractivity contribution in [2.75, 3.05) is 32.1 Å². The molecular formula is C32H34N4O6. The lowest BCUT2D eigenvalue weighted by atomic mass is 9.67. The van der Waals surface area contributed by atoms with Crippen LogP contribution in [-0.4, -0.2) is 48.3 Å². The number of benzene rings is 3. The van der Waals surface area contributed by atoms with Crippen LogP contribution in [0.4, 0.5) is 16.2 Å². The zero-order chi connectivity index (χ0) is 29.6. The normalized spacial score (nSPS) is 21.5. The first-order valence-corrected chi connectivity index (χ1v) is 14.0. The summed E-state index contributed by atoms with van der Waals surface area (Å²) < 4.78 is 17.6. The quantitative estimate of drug-likeness (QED) is 0.218. The Morgan fingerprint density at radius 3 is 2.60 bits per heavy atom. The van der Waals surface area contributed by atoms with E-state index in [4.69, 9.17) is 14.2 Å². The van der Waals surface area contributed by atoms with Crippen molar-refractivity contribution in [1.82, 2.24) is 4.90 Å². The van der Waals surface area contributed by atoms with Gasteiger partial charge in [0.25, 0.3) is 5.69 Å². The number of amides is 1. The first kappa shape index (κ1) is 28.9. The molecule has 1 N–H and O–H groups in total. The van der Waals surface area contributed by atoms with Crippen molar-refractivity contribution in [3.63, 3.8) is 0 Å². The summed E-state index contributed by atoms with van der Waals surface area (Å²) in [5.41, 5.74) is 1.37. The molecule has 42 heavy (non-hydrogen) atoms. The Bertz CT molecular complexity index is 1460. The maximum Gasteiger partial charge on any atom is 0.410 e. The minimum absolute atomic E-state index is 0.0992. The molecule has 1 aliphatic heterocycles. The lowest BCUT2D eigenvalue weighted by Gasteiger charge is -2.45. The number of nitrogens with zero attached hydrogens (tertiary/aromatic N) is 3. The second-order valence-electron chi connectivity index (χ2n) is 11.2. The molecule has 218 valence electrons.